The maximum absolute atomic E-state index is 9.50. The second kappa shape index (κ2) is 4.09. The second-order valence-corrected chi connectivity index (χ2v) is 3.71. The van der Waals surface area contributed by atoms with Gasteiger partial charge in [0.05, 0.1) is 12.6 Å². The molecule has 0 aliphatic carbocycles. The standard InChI is InChI=1S/C9H12BrNO2/c1-5-2-3-7(13)8(9(5)10)6(11)4-12/h2-3,6,12-13H,4,11H2,1H3. The fraction of sp³-hybridized carbons (Fsp3) is 0.333. The van der Waals surface area contributed by atoms with E-state index >= 15 is 0 Å². The highest BCUT2D eigenvalue weighted by molar-refractivity contribution is 9.10. The van der Waals surface area contributed by atoms with Crippen molar-refractivity contribution < 1.29 is 10.2 Å². The van der Waals surface area contributed by atoms with Crippen molar-refractivity contribution in [3.05, 3.63) is 27.7 Å². The minimum absolute atomic E-state index is 0.110. The molecular weight excluding hydrogens is 234 g/mol. The molecule has 4 heteroatoms. The predicted molar refractivity (Wildman–Crippen MR) is 54.6 cm³/mol. The molecule has 0 bridgehead atoms. The topological polar surface area (TPSA) is 66.5 Å². The van der Waals surface area contributed by atoms with Crippen LogP contribution in [0, 0.1) is 6.92 Å². The molecule has 0 aromatic heterocycles. The van der Waals surface area contributed by atoms with Crippen molar-refractivity contribution in [2.75, 3.05) is 6.61 Å². The number of halogens is 1. The Morgan fingerprint density at radius 1 is 1.54 bits per heavy atom. The zero-order chi connectivity index (χ0) is 10.0. The molecule has 1 atom stereocenters. The minimum Gasteiger partial charge on any atom is -0.508 e. The molecule has 1 aromatic carbocycles. The summed E-state index contributed by atoms with van der Waals surface area (Å²) in [5.74, 6) is 0.110. The van der Waals surface area contributed by atoms with E-state index in [0.29, 0.717) is 5.56 Å². The number of phenolic OH excluding ortho intramolecular Hbond substituents is 1. The maximum atomic E-state index is 9.50. The van der Waals surface area contributed by atoms with Gasteiger partial charge >= 0.3 is 0 Å². The summed E-state index contributed by atoms with van der Waals surface area (Å²) in [6, 6.07) is 2.81. The third-order valence-corrected chi connectivity index (χ3v) is 2.97. The van der Waals surface area contributed by atoms with E-state index in [1.54, 1.807) is 12.1 Å². The summed E-state index contributed by atoms with van der Waals surface area (Å²) in [4.78, 5) is 0. The largest absolute Gasteiger partial charge is 0.508 e. The fourth-order valence-corrected chi connectivity index (χ4v) is 1.77. The molecule has 1 aromatic rings. The molecule has 3 nitrogen and oxygen atoms in total. The molecule has 0 saturated heterocycles. The number of hydrogen-bond acceptors (Lipinski definition) is 3. The smallest absolute Gasteiger partial charge is 0.121 e. The van der Waals surface area contributed by atoms with E-state index in [1.165, 1.54) is 0 Å². The van der Waals surface area contributed by atoms with E-state index in [2.05, 4.69) is 15.9 Å². The number of phenols is 1. The maximum Gasteiger partial charge on any atom is 0.121 e. The highest BCUT2D eigenvalue weighted by Crippen LogP contribution is 2.32. The fourth-order valence-electron chi connectivity index (χ4n) is 1.14. The van der Waals surface area contributed by atoms with Crippen molar-refractivity contribution in [3.63, 3.8) is 0 Å². The molecule has 0 spiro atoms. The molecule has 0 aliphatic heterocycles. The first-order valence-electron chi connectivity index (χ1n) is 3.92. The molecule has 4 N–H and O–H groups in total. The van der Waals surface area contributed by atoms with Crippen LogP contribution in [0.4, 0.5) is 0 Å². The number of aromatic hydroxyl groups is 1. The summed E-state index contributed by atoms with van der Waals surface area (Å²) in [5, 5.41) is 18.4. The number of benzene rings is 1. The van der Waals surface area contributed by atoms with Crippen molar-refractivity contribution in [2.24, 2.45) is 5.73 Å². The summed E-state index contributed by atoms with van der Waals surface area (Å²) in [6.45, 7) is 1.72. The Hall–Kier alpha value is -0.580. The van der Waals surface area contributed by atoms with E-state index in [1.807, 2.05) is 6.92 Å². The highest BCUT2D eigenvalue weighted by Gasteiger charge is 2.14. The van der Waals surface area contributed by atoms with Crippen LogP contribution in [0.3, 0.4) is 0 Å². The third-order valence-electron chi connectivity index (χ3n) is 1.92. The number of rotatable bonds is 2. The van der Waals surface area contributed by atoms with Crippen LogP contribution in [-0.2, 0) is 0 Å². The molecular formula is C9H12BrNO2. The normalized spacial score (nSPS) is 12.9. The molecule has 1 unspecified atom stereocenters. The van der Waals surface area contributed by atoms with Crippen LogP contribution in [0.15, 0.2) is 16.6 Å². The van der Waals surface area contributed by atoms with Crippen LogP contribution < -0.4 is 5.73 Å². The quantitative estimate of drug-likeness (QED) is 0.739. The van der Waals surface area contributed by atoms with Crippen molar-refractivity contribution in [2.45, 2.75) is 13.0 Å². The van der Waals surface area contributed by atoms with Crippen molar-refractivity contribution in [1.82, 2.24) is 0 Å². The van der Waals surface area contributed by atoms with Gasteiger partial charge in [-0.15, -0.1) is 0 Å². The van der Waals surface area contributed by atoms with E-state index in [0.717, 1.165) is 10.0 Å². The van der Waals surface area contributed by atoms with Gasteiger partial charge in [0, 0.05) is 10.0 Å². The minimum atomic E-state index is -0.547. The first-order valence-corrected chi connectivity index (χ1v) is 4.71. The van der Waals surface area contributed by atoms with Gasteiger partial charge in [-0.3, -0.25) is 0 Å². The van der Waals surface area contributed by atoms with Gasteiger partial charge in [0.2, 0.25) is 0 Å². The lowest BCUT2D eigenvalue weighted by Gasteiger charge is -2.14. The Labute approximate surface area is 85.3 Å². The number of nitrogens with two attached hydrogens (primary N) is 1. The average Bonchev–Trinajstić information content (AvgIpc) is 2.12. The Kier molecular flexibility index (Phi) is 3.30. The zero-order valence-electron chi connectivity index (χ0n) is 7.29. The Morgan fingerprint density at radius 3 is 2.69 bits per heavy atom. The van der Waals surface area contributed by atoms with Gasteiger partial charge in [-0.2, -0.15) is 0 Å². The molecule has 72 valence electrons. The van der Waals surface area contributed by atoms with Gasteiger partial charge in [-0.25, -0.2) is 0 Å². The first-order chi connectivity index (χ1) is 6.07. The predicted octanol–water partition coefficient (Wildman–Crippen LogP) is 1.46. The summed E-state index contributed by atoms with van der Waals surface area (Å²) in [6.07, 6.45) is 0. The van der Waals surface area contributed by atoms with Crippen LogP contribution in [0.1, 0.15) is 17.2 Å². The van der Waals surface area contributed by atoms with Gasteiger partial charge in [0.15, 0.2) is 0 Å². The summed E-state index contributed by atoms with van der Waals surface area (Å²) in [5.41, 5.74) is 7.17. The van der Waals surface area contributed by atoms with Gasteiger partial charge < -0.3 is 15.9 Å². The van der Waals surface area contributed by atoms with Gasteiger partial charge in [-0.1, -0.05) is 22.0 Å². The Morgan fingerprint density at radius 2 is 2.15 bits per heavy atom. The van der Waals surface area contributed by atoms with Crippen LogP contribution in [0.25, 0.3) is 0 Å². The van der Waals surface area contributed by atoms with E-state index in [-0.39, 0.29) is 12.4 Å². The van der Waals surface area contributed by atoms with Crippen LogP contribution in [0.2, 0.25) is 0 Å². The van der Waals surface area contributed by atoms with Crippen LogP contribution >= 0.6 is 15.9 Å². The van der Waals surface area contributed by atoms with E-state index < -0.39 is 6.04 Å². The van der Waals surface area contributed by atoms with Crippen LogP contribution in [-0.4, -0.2) is 16.8 Å². The lowest BCUT2D eigenvalue weighted by atomic mass is 10.0. The van der Waals surface area contributed by atoms with Crippen molar-refractivity contribution in [1.29, 1.82) is 0 Å². The van der Waals surface area contributed by atoms with Gasteiger partial charge in [-0.05, 0) is 18.6 Å². The Bertz CT molecular complexity index is 315. The third kappa shape index (κ3) is 2.02. The second-order valence-electron chi connectivity index (χ2n) is 2.92. The molecule has 0 amide bonds. The first kappa shape index (κ1) is 10.5. The number of aliphatic hydroxyl groups excluding tert-OH is 1. The zero-order valence-corrected chi connectivity index (χ0v) is 8.87. The van der Waals surface area contributed by atoms with E-state index in [4.69, 9.17) is 10.8 Å². The lowest BCUT2D eigenvalue weighted by Crippen LogP contribution is -2.15. The molecule has 0 fully saturated rings. The molecule has 1 rings (SSSR count). The van der Waals surface area contributed by atoms with Crippen LogP contribution in [0.5, 0.6) is 5.75 Å². The molecule has 13 heavy (non-hydrogen) atoms. The molecule has 0 radical (unpaired) electrons. The number of aliphatic hydroxyl groups is 1. The monoisotopic (exact) mass is 245 g/mol. The summed E-state index contributed by atoms with van der Waals surface area (Å²) in [7, 11) is 0. The highest BCUT2D eigenvalue weighted by atomic mass is 79.9. The van der Waals surface area contributed by atoms with E-state index in [9.17, 15) is 5.11 Å². The number of aryl methyl sites for hydroxylation is 1. The summed E-state index contributed by atoms with van der Waals surface area (Å²) >= 11 is 3.32. The number of hydrogen-bond donors (Lipinski definition) is 3. The van der Waals surface area contributed by atoms with Gasteiger partial charge in [0.25, 0.3) is 0 Å². The van der Waals surface area contributed by atoms with Crippen molar-refractivity contribution in [3.8, 4) is 5.75 Å². The van der Waals surface area contributed by atoms with Crippen molar-refractivity contribution >= 4 is 15.9 Å². The lowest BCUT2D eigenvalue weighted by molar-refractivity contribution is 0.265. The Balaban J connectivity index is 3.25. The van der Waals surface area contributed by atoms with Gasteiger partial charge in [0.1, 0.15) is 5.75 Å². The average molecular weight is 246 g/mol. The SMILES string of the molecule is Cc1ccc(O)c(C(N)CO)c1Br. The summed E-state index contributed by atoms with van der Waals surface area (Å²) < 4.78 is 0.758. The molecule has 0 aliphatic rings. The molecule has 0 heterocycles. The molecule has 0 saturated carbocycles.